The summed E-state index contributed by atoms with van der Waals surface area (Å²) in [6, 6.07) is 7.45. The van der Waals surface area contributed by atoms with E-state index in [0.29, 0.717) is 17.1 Å². The van der Waals surface area contributed by atoms with E-state index in [0.717, 1.165) is 16.3 Å². The van der Waals surface area contributed by atoms with Crippen LogP contribution in [0.15, 0.2) is 29.2 Å². The Morgan fingerprint density at radius 1 is 1.29 bits per heavy atom. The molecule has 0 aliphatic rings. The fourth-order valence-corrected chi connectivity index (χ4v) is 3.95. The molecule has 8 heteroatoms. The van der Waals surface area contributed by atoms with Crippen LogP contribution in [0.2, 0.25) is 0 Å². The van der Waals surface area contributed by atoms with Crippen LogP contribution in [0, 0.1) is 13.8 Å². The van der Waals surface area contributed by atoms with Crippen molar-refractivity contribution in [2.24, 2.45) is 0 Å². The minimum Gasteiger partial charge on any atom is -0.325 e. The highest BCUT2D eigenvalue weighted by atomic mass is 32.2. The number of nitrogens with zero attached hydrogens (tertiary/aromatic N) is 2. The second kappa shape index (κ2) is 7.14. The first-order chi connectivity index (χ1) is 11.3. The average Bonchev–Trinajstić information content (AvgIpc) is 2.87. The zero-order valence-corrected chi connectivity index (χ0v) is 15.1. The van der Waals surface area contributed by atoms with Gasteiger partial charge in [0.15, 0.2) is 0 Å². The predicted octanol–water partition coefficient (Wildman–Crippen LogP) is 1.85. The maximum absolute atomic E-state index is 12.6. The quantitative estimate of drug-likeness (QED) is 0.831. The third-order valence-electron chi connectivity index (χ3n) is 3.77. The molecule has 0 aliphatic heterocycles. The SMILES string of the molecule is CCc1ccccc1NC(=O)CN(C)S(=O)(=O)c1c(C)n[nH]c1C. The molecular weight excluding hydrogens is 328 g/mol. The van der Waals surface area contributed by atoms with Gasteiger partial charge >= 0.3 is 0 Å². The molecule has 7 nitrogen and oxygen atoms in total. The van der Waals surface area contributed by atoms with Gasteiger partial charge in [0, 0.05) is 12.7 Å². The maximum Gasteiger partial charge on any atom is 0.246 e. The smallest absolute Gasteiger partial charge is 0.246 e. The van der Waals surface area contributed by atoms with Crippen molar-refractivity contribution in [2.45, 2.75) is 32.1 Å². The number of H-pyrrole nitrogens is 1. The third-order valence-corrected chi connectivity index (χ3v) is 5.83. The van der Waals surface area contributed by atoms with E-state index in [1.165, 1.54) is 7.05 Å². The summed E-state index contributed by atoms with van der Waals surface area (Å²) in [5, 5.41) is 9.32. The van der Waals surface area contributed by atoms with Crippen LogP contribution >= 0.6 is 0 Å². The summed E-state index contributed by atoms with van der Waals surface area (Å²) < 4.78 is 26.3. The number of benzene rings is 1. The number of amides is 1. The number of aromatic nitrogens is 2. The fraction of sp³-hybridized carbons (Fsp3) is 0.375. The molecule has 130 valence electrons. The Hall–Kier alpha value is -2.19. The Morgan fingerprint density at radius 2 is 1.96 bits per heavy atom. The second-order valence-electron chi connectivity index (χ2n) is 5.58. The lowest BCUT2D eigenvalue weighted by Gasteiger charge is -2.17. The number of nitrogens with one attached hydrogen (secondary N) is 2. The molecule has 0 bridgehead atoms. The maximum atomic E-state index is 12.6. The third kappa shape index (κ3) is 3.65. The van der Waals surface area contributed by atoms with Gasteiger partial charge in [-0.3, -0.25) is 9.89 Å². The van der Waals surface area contributed by atoms with Crippen LogP contribution in [-0.2, 0) is 21.2 Å². The Kier molecular flexibility index (Phi) is 5.40. The molecule has 1 heterocycles. The fourth-order valence-electron chi connectivity index (χ4n) is 2.50. The number of aryl methyl sites for hydroxylation is 3. The van der Waals surface area contributed by atoms with Crippen LogP contribution in [0.4, 0.5) is 5.69 Å². The lowest BCUT2D eigenvalue weighted by molar-refractivity contribution is -0.116. The van der Waals surface area contributed by atoms with Crippen molar-refractivity contribution in [3.05, 3.63) is 41.2 Å². The summed E-state index contributed by atoms with van der Waals surface area (Å²) in [4.78, 5) is 12.4. The van der Waals surface area contributed by atoms with Gasteiger partial charge in [-0.05, 0) is 31.9 Å². The van der Waals surface area contributed by atoms with Gasteiger partial charge in [0.2, 0.25) is 15.9 Å². The summed E-state index contributed by atoms with van der Waals surface area (Å²) >= 11 is 0. The van der Waals surface area contributed by atoms with Crippen molar-refractivity contribution in [3.63, 3.8) is 0 Å². The van der Waals surface area contributed by atoms with Gasteiger partial charge in [-0.15, -0.1) is 0 Å². The van der Waals surface area contributed by atoms with E-state index in [1.807, 2.05) is 25.1 Å². The van der Waals surface area contributed by atoms with Crippen molar-refractivity contribution < 1.29 is 13.2 Å². The summed E-state index contributed by atoms with van der Waals surface area (Å²) in [6.45, 7) is 4.97. The largest absolute Gasteiger partial charge is 0.325 e. The summed E-state index contributed by atoms with van der Waals surface area (Å²) in [7, 11) is -2.40. The standard InChI is InChI=1S/C16H22N4O3S/c1-5-13-8-6-7-9-14(13)17-15(21)10-20(4)24(22,23)16-11(2)18-19-12(16)3/h6-9H,5,10H2,1-4H3,(H,17,21)(H,18,19). The number of rotatable bonds is 6. The lowest BCUT2D eigenvalue weighted by Crippen LogP contribution is -2.35. The highest BCUT2D eigenvalue weighted by Gasteiger charge is 2.28. The number of para-hydroxylation sites is 1. The highest BCUT2D eigenvalue weighted by Crippen LogP contribution is 2.21. The average molecular weight is 350 g/mol. The first-order valence-corrected chi connectivity index (χ1v) is 9.07. The van der Waals surface area contributed by atoms with E-state index in [4.69, 9.17) is 0 Å². The molecule has 1 aromatic heterocycles. The van der Waals surface area contributed by atoms with Gasteiger partial charge in [-0.1, -0.05) is 25.1 Å². The molecule has 0 saturated carbocycles. The van der Waals surface area contributed by atoms with Gasteiger partial charge in [-0.25, -0.2) is 8.42 Å². The Bertz CT molecular complexity index is 823. The van der Waals surface area contributed by atoms with Gasteiger partial charge in [0.1, 0.15) is 4.90 Å². The number of likely N-dealkylation sites (N-methyl/N-ethyl adjacent to an activating group) is 1. The molecule has 0 saturated heterocycles. The van der Waals surface area contributed by atoms with Crippen molar-refractivity contribution in [2.75, 3.05) is 18.9 Å². The summed E-state index contributed by atoms with van der Waals surface area (Å²) in [5.74, 6) is -0.388. The van der Waals surface area contributed by atoms with Crippen LogP contribution in [0.1, 0.15) is 23.9 Å². The second-order valence-corrected chi connectivity index (χ2v) is 7.56. The van der Waals surface area contributed by atoms with Crippen molar-refractivity contribution in [1.29, 1.82) is 0 Å². The van der Waals surface area contributed by atoms with Crippen LogP contribution in [-0.4, -0.2) is 42.4 Å². The first kappa shape index (κ1) is 18.2. The molecular formula is C16H22N4O3S. The predicted molar refractivity (Wildman–Crippen MR) is 92.3 cm³/mol. The zero-order valence-electron chi connectivity index (χ0n) is 14.3. The first-order valence-electron chi connectivity index (χ1n) is 7.63. The number of carbonyl (C=O) groups is 1. The topological polar surface area (TPSA) is 95.2 Å². The van der Waals surface area contributed by atoms with Crippen molar-refractivity contribution >= 4 is 21.6 Å². The van der Waals surface area contributed by atoms with E-state index in [-0.39, 0.29) is 17.3 Å². The molecule has 1 aromatic carbocycles. The van der Waals surface area contributed by atoms with E-state index in [2.05, 4.69) is 15.5 Å². The number of hydrogen-bond donors (Lipinski definition) is 2. The summed E-state index contributed by atoms with van der Waals surface area (Å²) in [5.41, 5.74) is 2.54. The van der Waals surface area contributed by atoms with Gasteiger partial charge in [0.05, 0.1) is 17.9 Å². The molecule has 0 aliphatic carbocycles. The minimum atomic E-state index is -3.78. The molecule has 0 radical (unpaired) electrons. The Morgan fingerprint density at radius 3 is 2.54 bits per heavy atom. The van der Waals surface area contributed by atoms with E-state index >= 15 is 0 Å². The molecule has 0 fully saturated rings. The normalized spacial score (nSPS) is 11.7. The van der Waals surface area contributed by atoms with Crippen LogP contribution in [0.25, 0.3) is 0 Å². The minimum absolute atomic E-state index is 0.117. The number of aromatic amines is 1. The Balaban J connectivity index is 2.14. The van der Waals surface area contributed by atoms with E-state index in [1.54, 1.807) is 19.9 Å². The van der Waals surface area contributed by atoms with Crippen molar-refractivity contribution in [3.8, 4) is 0 Å². The number of sulfonamides is 1. The number of anilines is 1. The van der Waals surface area contributed by atoms with Gasteiger partial charge in [0.25, 0.3) is 0 Å². The van der Waals surface area contributed by atoms with Crippen molar-refractivity contribution in [1.82, 2.24) is 14.5 Å². The zero-order chi connectivity index (χ0) is 17.9. The van der Waals surface area contributed by atoms with Crippen LogP contribution in [0.3, 0.4) is 0 Å². The van der Waals surface area contributed by atoms with Crippen LogP contribution < -0.4 is 5.32 Å². The molecule has 0 unspecified atom stereocenters. The van der Waals surface area contributed by atoms with Crippen LogP contribution in [0.5, 0.6) is 0 Å². The van der Waals surface area contributed by atoms with E-state index in [9.17, 15) is 13.2 Å². The summed E-state index contributed by atoms with van der Waals surface area (Å²) in [6.07, 6.45) is 0.776. The van der Waals surface area contributed by atoms with Gasteiger partial charge in [-0.2, -0.15) is 9.40 Å². The molecule has 2 N–H and O–H groups in total. The lowest BCUT2D eigenvalue weighted by atomic mass is 10.1. The highest BCUT2D eigenvalue weighted by molar-refractivity contribution is 7.89. The molecule has 24 heavy (non-hydrogen) atoms. The molecule has 1 amide bonds. The number of carbonyl (C=O) groups excluding carboxylic acids is 1. The molecule has 2 rings (SSSR count). The van der Waals surface area contributed by atoms with Gasteiger partial charge < -0.3 is 5.32 Å². The molecule has 0 spiro atoms. The molecule has 2 aromatic rings. The Labute approximate surface area is 142 Å². The van der Waals surface area contributed by atoms with E-state index < -0.39 is 10.0 Å². The monoisotopic (exact) mass is 350 g/mol. The molecule has 0 atom stereocenters. The number of hydrogen-bond acceptors (Lipinski definition) is 4.